The molecule has 0 atom stereocenters. The highest BCUT2D eigenvalue weighted by Crippen LogP contribution is 2.25. The lowest BCUT2D eigenvalue weighted by Gasteiger charge is -2.00. The minimum absolute atomic E-state index is 0.0275. The number of Topliss-reactive ketones (excluding diaryl/α,β-unsaturated/α-hetero) is 1. The molecule has 130 valence electrons. The van der Waals surface area contributed by atoms with Crippen molar-refractivity contribution in [2.45, 2.75) is 12.8 Å². The zero-order valence-corrected chi connectivity index (χ0v) is 15.2. The number of hydrogen-bond donors (Lipinski definition) is 1. The summed E-state index contributed by atoms with van der Waals surface area (Å²) < 4.78 is 1.71. The summed E-state index contributed by atoms with van der Waals surface area (Å²) in [6.45, 7) is 0. The summed E-state index contributed by atoms with van der Waals surface area (Å²) >= 11 is 2.84. The topological polar surface area (TPSA) is 76.4 Å². The third kappa shape index (κ3) is 3.42. The van der Waals surface area contributed by atoms with Crippen molar-refractivity contribution < 1.29 is 9.59 Å². The number of rotatable bonds is 6. The molecule has 8 heteroatoms. The molecule has 26 heavy (non-hydrogen) atoms. The van der Waals surface area contributed by atoms with Gasteiger partial charge in [-0.1, -0.05) is 36.4 Å². The minimum Gasteiger partial charge on any atom is -0.293 e. The Morgan fingerprint density at radius 3 is 2.65 bits per heavy atom. The molecule has 1 amide bonds. The van der Waals surface area contributed by atoms with Crippen LogP contribution in [0.5, 0.6) is 0 Å². The second-order valence-electron chi connectivity index (χ2n) is 5.57. The maximum absolute atomic E-state index is 12.1. The Balaban J connectivity index is 1.43. The van der Waals surface area contributed by atoms with Crippen LogP contribution in [0.4, 0.5) is 5.95 Å². The first-order chi connectivity index (χ1) is 12.7. The maximum Gasteiger partial charge on any atom is 0.250 e. The summed E-state index contributed by atoms with van der Waals surface area (Å²) in [5, 5.41) is 10.9. The number of aromatic nitrogens is 3. The molecule has 3 heterocycles. The highest BCUT2D eigenvalue weighted by molar-refractivity contribution is 7.15. The van der Waals surface area contributed by atoms with E-state index < -0.39 is 0 Å². The maximum atomic E-state index is 12.1. The molecule has 1 aromatic carbocycles. The Kier molecular flexibility index (Phi) is 4.59. The molecule has 0 aliphatic carbocycles. The first-order valence-corrected chi connectivity index (χ1v) is 9.73. The van der Waals surface area contributed by atoms with Gasteiger partial charge in [0, 0.05) is 23.8 Å². The molecule has 4 rings (SSSR count). The van der Waals surface area contributed by atoms with Gasteiger partial charge in [-0.3, -0.25) is 14.9 Å². The minimum atomic E-state index is -0.269. The van der Waals surface area contributed by atoms with Gasteiger partial charge >= 0.3 is 0 Å². The van der Waals surface area contributed by atoms with Gasteiger partial charge in [-0.25, -0.2) is 4.52 Å². The fourth-order valence-electron chi connectivity index (χ4n) is 2.52. The molecule has 6 nitrogen and oxygen atoms in total. The lowest BCUT2D eigenvalue weighted by atomic mass is 10.2. The van der Waals surface area contributed by atoms with Crippen molar-refractivity contribution >= 4 is 45.3 Å². The van der Waals surface area contributed by atoms with Crippen LogP contribution in [0.3, 0.4) is 0 Å². The SMILES string of the molecule is O=C(CCC(=O)c1cccs1)Nc1nc2scc(-c3ccccc3)n2n1. The summed E-state index contributed by atoms with van der Waals surface area (Å²) in [7, 11) is 0. The molecule has 0 saturated heterocycles. The molecule has 3 aromatic heterocycles. The van der Waals surface area contributed by atoms with Crippen LogP contribution in [0.25, 0.3) is 16.2 Å². The number of amides is 1. The third-order valence-electron chi connectivity index (χ3n) is 3.78. The average molecular weight is 382 g/mol. The highest BCUT2D eigenvalue weighted by Gasteiger charge is 2.14. The van der Waals surface area contributed by atoms with Crippen molar-refractivity contribution in [3.63, 3.8) is 0 Å². The van der Waals surface area contributed by atoms with Crippen LogP contribution in [0, 0.1) is 0 Å². The van der Waals surface area contributed by atoms with Gasteiger partial charge in [0.2, 0.25) is 16.8 Å². The fourth-order valence-corrected chi connectivity index (χ4v) is 4.04. The van der Waals surface area contributed by atoms with Crippen molar-refractivity contribution in [2.24, 2.45) is 0 Å². The Bertz CT molecular complexity index is 1050. The molecule has 0 radical (unpaired) electrons. The van der Waals surface area contributed by atoms with Crippen LogP contribution in [0.15, 0.2) is 53.2 Å². The van der Waals surface area contributed by atoms with E-state index in [1.807, 2.05) is 47.2 Å². The van der Waals surface area contributed by atoms with Crippen LogP contribution in [-0.2, 0) is 4.79 Å². The van der Waals surface area contributed by atoms with Gasteiger partial charge in [0.15, 0.2) is 5.78 Å². The summed E-state index contributed by atoms with van der Waals surface area (Å²) in [4.78, 5) is 29.8. The van der Waals surface area contributed by atoms with Gasteiger partial charge in [-0.15, -0.1) is 27.8 Å². The molecule has 4 aromatic rings. The normalized spacial score (nSPS) is 10.9. The fraction of sp³-hybridized carbons (Fsp3) is 0.111. The first-order valence-electron chi connectivity index (χ1n) is 7.97. The van der Waals surface area contributed by atoms with Gasteiger partial charge in [0.25, 0.3) is 0 Å². The second-order valence-corrected chi connectivity index (χ2v) is 7.35. The monoisotopic (exact) mass is 382 g/mol. The third-order valence-corrected chi connectivity index (χ3v) is 5.50. The number of thiazole rings is 1. The Morgan fingerprint density at radius 1 is 1.04 bits per heavy atom. The van der Waals surface area contributed by atoms with E-state index in [-0.39, 0.29) is 30.5 Å². The van der Waals surface area contributed by atoms with Gasteiger partial charge in [0.05, 0.1) is 10.6 Å². The summed E-state index contributed by atoms with van der Waals surface area (Å²) in [5.41, 5.74) is 1.95. The number of carbonyl (C=O) groups is 2. The van der Waals surface area contributed by atoms with E-state index in [0.29, 0.717) is 9.84 Å². The van der Waals surface area contributed by atoms with Crippen LogP contribution >= 0.6 is 22.7 Å². The molecular formula is C18H14N4O2S2. The van der Waals surface area contributed by atoms with E-state index in [9.17, 15) is 9.59 Å². The number of carbonyl (C=O) groups excluding carboxylic acids is 2. The number of hydrogen-bond acceptors (Lipinski definition) is 6. The van der Waals surface area contributed by atoms with Crippen molar-refractivity contribution in [1.82, 2.24) is 14.6 Å². The summed E-state index contributed by atoms with van der Waals surface area (Å²) in [6, 6.07) is 13.5. The van der Waals surface area contributed by atoms with Crippen LogP contribution in [0.1, 0.15) is 22.5 Å². The number of ketones is 1. The van der Waals surface area contributed by atoms with E-state index in [2.05, 4.69) is 15.4 Å². The quantitative estimate of drug-likeness (QED) is 0.509. The summed E-state index contributed by atoms with van der Waals surface area (Å²) in [6.07, 6.45) is 0.277. The van der Waals surface area contributed by atoms with E-state index >= 15 is 0 Å². The lowest BCUT2D eigenvalue weighted by Crippen LogP contribution is -2.14. The van der Waals surface area contributed by atoms with Crippen molar-refractivity contribution in [3.8, 4) is 11.3 Å². The predicted molar refractivity (Wildman–Crippen MR) is 103 cm³/mol. The first kappa shape index (κ1) is 16.6. The van der Waals surface area contributed by atoms with E-state index in [1.165, 1.54) is 22.7 Å². The van der Waals surface area contributed by atoms with Gasteiger partial charge in [-0.2, -0.15) is 4.98 Å². The molecule has 0 saturated carbocycles. The second kappa shape index (κ2) is 7.19. The zero-order valence-electron chi connectivity index (χ0n) is 13.6. The van der Waals surface area contributed by atoms with Gasteiger partial charge in [0.1, 0.15) is 0 Å². The molecule has 0 bridgehead atoms. The Labute approximate surface area is 157 Å². The average Bonchev–Trinajstić information content (AvgIpc) is 3.37. The standard InChI is InChI=1S/C18H14N4O2S2/c23-14(15-7-4-10-25-15)8-9-16(24)19-17-20-18-22(21-17)13(11-26-18)12-5-2-1-3-6-12/h1-7,10-11H,8-9H2,(H,19,21,24). The van der Waals surface area contributed by atoms with Crippen LogP contribution in [0.2, 0.25) is 0 Å². The van der Waals surface area contributed by atoms with E-state index in [1.54, 1.807) is 10.6 Å². The predicted octanol–water partition coefficient (Wildman–Crippen LogP) is 4.12. The highest BCUT2D eigenvalue weighted by atomic mass is 32.1. The molecule has 0 unspecified atom stereocenters. The zero-order chi connectivity index (χ0) is 17.9. The van der Waals surface area contributed by atoms with Crippen molar-refractivity contribution in [3.05, 3.63) is 58.1 Å². The lowest BCUT2D eigenvalue weighted by molar-refractivity contribution is -0.116. The molecule has 0 aliphatic heterocycles. The van der Waals surface area contributed by atoms with Crippen LogP contribution in [-0.4, -0.2) is 26.3 Å². The molecular weight excluding hydrogens is 368 g/mol. The Morgan fingerprint density at radius 2 is 1.88 bits per heavy atom. The smallest absolute Gasteiger partial charge is 0.250 e. The Hall–Kier alpha value is -2.84. The molecule has 0 aliphatic rings. The summed E-state index contributed by atoms with van der Waals surface area (Å²) in [5.74, 6) is -0.0441. The number of anilines is 1. The van der Waals surface area contributed by atoms with Gasteiger partial charge in [-0.05, 0) is 11.4 Å². The molecule has 1 N–H and O–H groups in total. The van der Waals surface area contributed by atoms with Crippen LogP contribution < -0.4 is 5.32 Å². The van der Waals surface area contributed by atoms with Crippen molar-refractivity contribution in [1.29, 1.82) is 0 Å². The van der Waals surface area contributed by atoms with Crippen molar-refractivity contribution in [2.75, 3.05) is 5.32 Å². The number of benzene rings is 1. The molecule has 0 fully saturated rings. The van der Waals surface area contributed by atoms with E-state index in [0.717, 1.165) is 11.3 Å². The molecule has 0 spiro atoms. The number of nitrogens with zero attached hydrogens (tertiary/aromatic N) is 3. The van der Waals surface area contributed by atoms with Gasteiger partial charge < -0.3 is 0 Å². The number of fused-ring (bicyclic) bond motifs is 1. The van der Waals surface area contributed by atoms with E-state index in [4.69, 9.17) is 0 Å². The number of thiophene rings is 1. The number of nitrogens with one attached hydrogen (secondary N) is 1. The largest absolute Gasteiger partial charge is 0.293 e.